The van der Waals surface area contributed by atoms with E-state index in [-0.39, 0.29) is 25.0 Å². The van der Waals surface area contributed by atoms with Crippen molar-refractivity contribution in [2.75, 3.05) is 13.2 Å². The van der Waals surface area contributed by atoms with Crippen molar-refractivity contribution in [3.8, 4) is 11.1 Å². The zero-order valence-electron chi connectivity index (χ0n) is 19.6. The summed E-state index contributed by atoms with van der Waals surface area (Å²) in [6.45, 7) is 6.96. The van der Waals surface area contributed by atoms with Crippen LogP contribution in [0.1, 0.15) is 51.2 Å². The number of hydrogen-bond acceptors (Lipinski definition) is 4. The molecule has 0 aromatic heterocycles. The minimum atomic E-state index is -1.11. The Morgan fingerprint density at radius 2 is 1.58 bits per heavy atom. The van der Waals surface area contributed by atoms with Gasteiger partial charge in [-0.2, -0.15) is 0 Å². The van der Waals surface area contributed by atoms with Gasteiger partial charge < -0.3 is 20.5 Å². The highest BCUT2D eigenvalue weighted by Gasteiger charge is 2.33. The van der Waals surface area contributed by atoms with E-state index in [0.717, 1.165) is 22.3 Å². The summed E-state index contributed by atoms with van der Waals surface area (Å²) in [5.41, 5.74) is 3.39. The number of fused-ring (bicyclic) bond motifs is 3. The molecule has 33 heavy (non-hydrogen) atoms. The van der Waals surface area contributed by atoms with Crippen LogP contribution < -0.4 is 10.6 Å². The number of nitrogens with one attached hydrogen (secondary N) is 2. The van der Waals surface area contributed by atoms with Crippen molar-refractivity contribution in [3.05, 3.63) is 59.7 Å². The van der Waals surface area contributed by atoms with Crippen molar-refractivity contribution in [2.45, 2.75) is 46.1 Å². The molecule has 1 aliphatic rings. The second-order valence-corrected chi connectivity index (χ2v) is 9.24. The normalized spacial score (nSPS) is 14.5. The Kier molecular flexibility index (Phi) is 7.41. The monoisotopic (exact) mass is 452 g/mol. The first-order chi connectivity index (χ1) is 15.7. The number of hydrogen-bond donors (Lipinski definition) is 3. The van der Waals surface area contributed by atoms with Crippen LogP contribution in [-0.2, 0) is 14.3 Å². The molecule has 176 valence electrons. The molecule has 0 bridgehead atoms. The predicted octanol–water partition coefficient (Wildman–Crippen LogP) is 4.17. The molecule has 2 aromatic carbocycles. The van der Waals surface area contributed by atoms with Gasteiger partial charge in [-0.1, -0.05) is 68.8 Å². The third-order valence-corrected chi connectivity index (χ3v) is 6.40. The van der Waals surface area contributed by atoms with Gasteiger partial charge >= 0.3 is 12.1 Å². The van der Waals surface area contributed by atoms with E-state index < -0.39 is 29.4 Å². The van der Waals surface area contributed by atoms with Crippen LogP contribution in [0.4, 0.5) is 4.79 Å². The molecule has 2 amide bonds. The molecule has 3 N–H and O–H groups in total. The Bertz CT molecular complexity index is 987. The molecule has 0 heterocycles. The first kappa shape index (κ1) is 24.3. The highest BCUT2D eigenvalue weighted by atomic mass is 16.5. The van der Waals surface area contributed by atoms with Gasteiger partial charge in [0.2, 0.25) is 5.91 Å². The molecule has 0 fully saturated rings. The summed E-state index contributed by atoms with van der Waals surface area (Å²) in [4.78, 5) is 36.7. The van der Waals surface area contributed by atoms with Gasteiger partial charge in [-0.25, -0.2) is 4.79 Å². The fourth-order valence-corrected chi connectivity index (χ4v) is 3.96. The van der Waals surface area contributed by atoms with E-state index in [1.54, 1.807) is 0 Å². The van der Waals surface area contributed by atoms with E-state index >= 15 is 0 Å². The highest BCUT2D eigenvalue weighted by molar-refractivity contribution is 5.86. The first-order valence-corrected chi connectivity index (χ1v) is 11.3. The van der Waals surface area contributed by atoms with Crippen molar-refractivity contribution < 1.29 is 24.2 Å². The quantitative estimate of drug-likeness (QED) is 0.530. The maximum Gasteiger partial charge on any atom is 0.407 e. The van der Waals surface area contributed by atoms with Gasteiger partial charge in [0.15, 0.2) is 0 Å². The molecule has 3 rings (SSSR count). The second-order valence-electron chi connectivity index (χ2n) is 9.24. The molecule has 7 heteroatoms. The summed E-state index contributed by atoms with van der Waals surface area (Å²) in [5, 5.41) is 14.6. The third kappa shape index (κ3) is 5.35. The lowest BCUT2D eigenvalue weighted by molar-refractivity contribution is -0.146. The van der Waals surface area contributed by atoms with Crippen LogP contribution in [0.3, 0.4) is 0 Å². The molecule has 0 radical (unpaired) electrons. The molecule has 2 aromatic rings. The van der Waals surface area contributed by atoms with E-state index in [2.05, 4.69) is 22.8 Å². The Labute approximate surface area is 194 Å². The third-order valence-electron chi connectivity index (χ3n) is 6.40. The smallest absolute Gasteiger partial charge is 0.407 e. The number of carbonyl (C=O) groups is 3. The summed E-state index contributed by atoms with van der Waals surface area (Å²) in [7, 11) is 0. The Balaban J connectivity index is 1.65. The number of aliphatic carboxylic acids is 1. The lowest BCUT2D eigenvalue weighted by Gasteiger charge is -2.26. The van der Waals surface area contributed by atoms with Crippen LogP contribution in [0.2, 0.25) is 0 Å². The largest absolute Gasteiger partial charge is 0.481 e. The number of amides is 2. The number of carboxylic acids is 1. The maximum absolute atomic E-state index is 12.8. The summed E-state index contributed by atoms with van der Waals surface area (Å²) < 4.78 is 5.57. The molecule has 7 nitrogen and oxygen atoms in total. The molecule has 1 unspecified atom stereocenters. The lowest BCUT2D eigenvalue weighted by atomic mass is 9.93. The van der Waals surface area contributed by atoms with E-state index in [1.807, 2.05) is 50.2 Å². The number of alkyl carbamates (subject to hydrolysis) is 1. The average Bonchev–Trinajstić information content (AvgIpc) is 3.13. The first-order valence-electron chi connectivity index (χ1n) is 11.3. The number of ether oxygens (including phenoxy) is 1. The van der Waals surface area contributed by atoms with E-state index in [1.165, 1.54) is 13.8 Å². The number of rotatable bonds is 9. The van der Waals surface area contributed by atoms with Crippen LogP contribution in [0.25, 0.3) is 11.1 Å². The van der Waals surface area contributed by atoms with Gasteiger partial charge in [-0.05, 0) is 42.0 Å². The molecular formula is C26H32N2O5. The number of benzene rings is 2. The van der Waals surface area contributed by atoms with Crippen LogP contribution in [0.15, 0.2) is 48.5 Å². The topological polar surface area (TPSA) is 105 Å². The Morgan fingerprint density at radius 3 is 2.09 bits per heavy atom. The molecule has 2 atom stereocenters. The van der Waals surface area contributed by atoms with E-state index in [4.69, 9.17) is 4.74 Å². The fourth-order valence-electron chi connectivity index (χ4n) is 3.96. The van der Waals surface area contributed by atoms with Gasteiger partial charge in [0.25, 0.3) is 0 Å². The van der Waals surface area contributed by atoms with Crippen LogP contribution in [-0.4, -0.2) is 42.3 Å². The van der Waals surface area contributed by atoms with E-state index in [9.17, 15) is 19.5 Å². The number of carboxylic acid groups (broad SMARTS) is 1. The van der Waals surface area contributed by atoms with Crippen molar-refractivity contribution in [1.82, 2.24) is 10.6 Å². The minimum Gasteiger partial charge on any atom is -0.481 e. The van der Waals surface area contributed by atoms with Gasteiger partial charge in [0, 0.05) is 12.5 Å². The van der Waals surface area contributed by atoms with Crippen LogP contribution in [0.5, 0.6) is 0 Å². The van der Waals surface area contributed by atoms with Crippen molar-refractivity contribution in [1.29, 1.82) is 0 Å². The molecular weight excluding hydrogens is 420 g/mol. The van der Waals surface area contributed by atoms with Crippen LogP contribution >= 0.6 is 0 Å². The van der Waals surface area contributed by atoms with Crippen molar-refractivity contribution >= 4 is 18.0 Å². The summed E-state index contributed by atoms with van der Waals surface area (Å²) in [6.07, 6.45) is -0.0147. The summed E-state index contributed by atoms with van der Waals surface area (Å²) in [5.74, 6) is -1.66. The fraction of sp³-hybridized carbons (Fsp3) is 0.423. The summed E-state index contributed by atoms with van der Waals surface area (Å²) >= 11 is 0. The lowest BCUT2D eigenvalue weighted by Crippen LogP contribution is -2.52. The number of carbonyl (C=O) groups excluding carboxylic acids is 2. The molecule has 0 saturated carbocycles. The average molecular weight is 453 g/mol. The predicted molar refractivity (Wildman–Crippen MR) is 126 cm³/mol. The zero-order chi connectivity index (χ0) is 24.2. The van der Waals surface area contributed by atoms with Gasteiger partial charge in [-0.3, -0.25) is 9.59 Å². The Morgan fingerprint density at radius 1 is 1.03 bits per heavy atom. The maximum atomic E-state index is 12.8. The van der Waals surface area contributed by atoms with E-state index in [0.29, 0.717) is 6.42 Å². The van der Waals surface area contributed by atoms with Gasteiger partial charge in [0.05, 0.1) is 5.41 Å². The Hall–Kier alpha value is -3.35. The molecule has 0 aliphatic heterocycles. The standard InChI is InChI=1S/C26H32N2O5/c1-5-16(2)22(23(29)27-15-26(3,4)24(30)31)28-25(32)33-14-21-19-12-8-6-10-17(19)18-11-7-9-13-20(18)21/h6-13,16,21-22H,5,14-15H2,1-4H3,(H,27,29)(H,28,32)(H,30,31)/t16?,22-/m0/s1. The second kappa shape index (κ2) is 10.1. The highest BCUT2D eigenvalue weighted by Crippen LogP contribution is 2.44. The van der Waals surface area contributed by atoms with Crippen molar-refractivity contribution in [3.63, 3.8) is 0 Å². The summed E-state index contributed by atoms with van der Waals surface area (Å²) in [6, 6.07) is 15.3. The SMILES string of the molecule is CCC(C)[C@H](NC(=O)OCC1c2ccccc2-c2ccccc21)C(=O)NCC(C)(C)C(=O)O. The molecule has 1 aliphatic carbocycles. The zero-order valence-corrected chi connectivity index (χ0v) is 19.6. The van der Waals surface area contributed by atoms with Gasteiger partial charge in [0.1, 0.15) is 12.6 Å². The molecule has 0 spiro atoms. The van der Waals surface area contributed by atoms with Gasteiger partial charge in [-0.15, -0.1) is 0 Å². The van der Waals surface area contributed by atoms with Crippen molar-refractivity contribution in [2.24, 2.45) is 11.3 Å². The minimum absolute atomic E-state index is 0.0412. The van der Waals surface area contributed by atoms with Crippen LogP contribution in [0, 0.1) is 11.3 Å². The molecule has 0 saturated heterocycles.